The van der Waals surface area contributed by atoms with Gasteiger partial charge in [-0.2, -0.15) is 5.10 Å². The zero-order chi connectivity index (χ0) is 15.3. The van der Waals surface area contributed by atoms with E-state index in [1.54, 1.807) is 0 Å². The summed E-state index contributed by atoms with van der Waals surface area (Å²) < 4.78 is 6.42. The first-order chi connectivity index (χ1) is 9.23. The van der Waals surface area contributed by atoms with Gasteiger partial charge < -0.3 is 15.8 Å². The minimum Gasteiger partial charge on any atom is -0.451 e. The molecule has 0 radical (unpaired) electrons. The number of nitrogen functional groups attached to an aromatic ring is 1. The lowest BCUT2D eigenvalue weighted by Crippen LogP contribution is -2.47. The molecule has 1 aromatic heterocycles. The van der Waals surface area contributed by atoms with E-state index in [2.05, 4.69) is 10.4 Å². The van der Waals surface area contributed by atoms with Gasteiger partial charge in [0, 0.05) is 11.7 Å². The Morgan fingerprint density at radius 3 is 2.70 bits per heavy atom. The van der Waals surface area contributed by atoms with Gasteiger partial charge in [0.1, 0.15) is 6.54 Å². The van der Waals surface area contributed by atoms with Crippen molar-refractivity contribution in [1.29, 1.82) is 0 Å². The third-order valence-corrected chi connectivity index (χ3v) is 2.97. The number of nitrogens with one attached hydrogen (secondary N) is 1. The van der Waals surface area contributed by atoms with E-state index in [4.69, 9.17) is 10.5 Å². The van der Waals surface area contributed by atoms with E-state index in [0.29, 0.717) is 5.69 Å². The van der Waals surface area contributed by atoms with Gasteiger partial charge in [-0.15, -0.1) is 0 Å². The van der Waals surface area contributed by atoms with Crippen molar-refractivity contribution in [2.75, 3.05) is 5.73 Å². The van der Waals surface area contributed by atoms with Gasteiger partial charge in [0.25, 0.3) is 5.91 Å². The molecule has 7 nitrogen and oxygen atoms in total. The number of nitrogens with two attached hydrogens (primary N) is 1. The van der Waals surface area contributed by atoms with E-state index in [1.807, 2.05) is 20.8 Å². The molecule has 1 aromatic rings. The molecule has 1 unspecified atom stereocenters. The van der Waals surface area contributed by atoms with Gasteiger partial charge in [0.2, 0.25) is 0 Å². The van der Waals surface area contributed by atoms with Crippen LogP contribution in [0.15, 0.2) is 12.4 Å². The minimum absolute atomic E-state index is 0.0774. The van der Waals surface area contributed by atoms with E-state index in [0.717, 1.165) is 6.42 Å². The summed E-state index contributed by atoms with van der Waals surface area (Å²) in [5.41, 5.74) is 5.63. The Bertz CT molecular complexity index is 482. The highest BCUT2D eigenvalue weighted by molar-refractivity contribution is 5.83. The summed E-state index contributed by atoms with van der Waals surface area (Å²) in [6, 6.07) is 0. The second-order valence-corrected chi connectivity index (χ2v) is 5.33. The number of carbonyl (C=O) groups excluding carboxylic acids is 2. The molecule has 0 fully saturated rings. The minimum atomic E-state index is -0.846. The maximum atomic E-state index is 11.9. The topological polar surface area (TPSA) is 99.2 Å². The number of aromatic nitrogens is 2. The molecule has 0 aromatic carbocycles. The van der Waals surface area contributed by atoms with Crippen LogP contribution in [0.25, 0.3) is 0 Å². The molecule has 112 valence electrons. The fourth-order valence-electron chi connectivity index (χ4n) is 1.41. The molecule has 0 aliphatic rings. The number of carbonyl (C=O) groups is 2. The predicted octanol–water partition coefficient (Wildman–Crippen LogP) is 0.702. The summed E-state index contributed by atoms with van der Waals surface area (Å²) in [5, 5.41) is 6.69. The Labute approximate surface area is 118 Å². The van der Waals surface area contributed by atoms with Gasteiger partial charge in [0.05, 0.1) is 11.9 Å². The highest BCUT2D eigenvalue weighted by Gasteiger charge is 2.24. The van der Waals surface area contributed by atoms with Crippen molar-refractivity contribution in [2.45, 2.75) is 52.3 Å². The third-order valence-electron chi connectivity index (χ3n) is 2.97. The van der Waals surface area contributed by atoms with Crippen LogP contribution in [-0.2, 0) is 20.9 Å². The average Bonchev–Trinajstić information content (AvgIpc) is 2.73. The predicted molar refractivity (Wildman–Crippen MR) is 74.7 cm³/mol. The molecule has 0 saturated heterocycles. The van der Waals surface area contributed by atoms with Crippen LogP contribution in [0.1, 0.15) is 34.1 Å². The van der Waals surface area contributed by atoms with Crippen molar-refractivity contribution in [3.8, 4) is 0 Å². The maximum absolute atomic E-state index is 11.9. The number of rotatable bonds is 6. The van der Waals surface area contributed by atoms with E-state index in [9.17, 15) is 9.59 Å². The van der Waals surface area contributed by atoms with E-state index in [-0.39, 0.29) is 18.0 Å². The van der Waals surface area contributed by atoms with Crippen LogP contribution in [0.2, 0.25) is 0 Å². The lowest BCUT2D eigenvalue weighted by Gasteiger charge is -2.26. The molecule has 1 heterocycles. The second-order valence-electron chi connectivity index (χ2n) is 5.33. The molecule has 0 saturated carbocycles. The first-order valence-electron chi connectivity index (χ1n) is 6.53. The molecule has 1 amide bonds. The van der Waals surface area contributed by atoms with Crippen molar-refractivity contribution in [3.05, 3.63) is 12.4 Å². The van der Waals surface area contributed by atoms with Gasteiger partial charge >= 0.3 is 5.97 Å². The molecular formula is C13H22N4O3. The summed E-state index contributed by atoms with van der Waals surface area (Å²) in [6.45, 7) is 7.25. The zero-order valence-electron chi connectivity index (χ0n) is 12.3. The molecule has 0 bridgehead atoms. The number of amides is 1. The highest BCUT2D eigenvalue weighted by Crippen LogP contribution is 2.08. The van der Waals surface area contributed by atoms with Crippen LogP contribution >= 0.6 is 0 Å². The number of nitrogens with zero attached hydrogens (tertiary/aromatic N) is 2. The summed E-state index contributed by atoms with van der Waals surface area (Å²) >= 11 is 0. The van der Waals surface area contributed by atoms with Gasteiger partial charge in [-0.3, -0.25) is 14.3 Å². The highest BCUT2D eigenvalue weighted by atomic mass is 16.5. The molecule has 0 aliphatic heterocycles. The summed E-state index contributed by atoms with van der Waals surface area (Å²) in [5.74, 6) is -0.852. The first kappa shape index (κ1) is 16.0. The summed E-state index contributed by atoms with van der Waals surface area (Å²) in [6.07, 6.45) is 2.90. The van der Waals surface area contributed by atoms with Crippen LogP contribution in [-0.4, -0.2) is 33.3 Å². The molecule has 0 aliphatic carbocycles. The van der Waals surface area contributed by atoms with Gasteiger partial charge in [-0.1, -0.05) is 6.92 Å². The lowest BCUT2D eigenvalue weighted by molar-refractivity contribution is -0.156. The van der Waals surface area contributed by atoms with E-state index < -0.39 is 12.1 Å². The fraction of sp³-hybridized carbons (Fsp3) is 0.615. The Kier molecular flexibility index (Phi) is 5.12. The molecule has 7 heteroatoms. The Morgan fingerprint density at radius 2 is 2.20 bits per heavy atom. The van der Waals surface area contributed by atoms with Crippen molar-refractivity contribution in [3.63, 3.8) is 0 Å². The molecule has 0 spiro atoms. The first-order valence-corrected chi connectivity index (χ1v) is 6.53. The maximum Gasteiger partial charge on any atom is 0.328 e. The number of ether oxygens (including phenoxy) is 1. The van der Waals surface area contributed by atoms with Crippen molar-refractivity contribution >= 4 is 17.6 Å². The number of esters is 1. The largest absolute Gasteiger partial charge is 0.451 e. The van der Waals surface area contributed by atoms with E-state index >= 15 is 0 Å². The van der Waals surface area contributed by atoms with Crippen LogP contribution in [0.5, 0.6) is 0 Å². The molecule has 1 rings (SSSR count). The van der Waals surface area contributed by atoms with Crippen molar-refractivity contribution < 1.29 is 14.3 Å². The molecule has 3 N–H and O–H groups in total. The average molecular weight is 282 g/mol. The van der Waals surface area contributed by atoms with Crippen molar-refractivity contribution in [2.24, 2.45) is 0 Å². The zero-order valence-corrected chi connectivity index (χ0v) is 12.3. The fourth-order valence-corrected chi connectivity index (χ4v) is 1.41. The van der Waals surface area contributed by atoms with Crippen LogP contribution in [0, 0.1) is 0 Å². The second kappa shape index (κ2) is 6.40. The van der Waals surface area contributed by atoms with Crippen molar-refractivity contribution in [1.82, 2.24) is 15.1 Å². The van der Waals surface area contributed by atoms with Gasteiger partial charge in [0.15, 0.2) is 6.10 Å². The quantitative estimate of drug-likeness (QED) is 0.748. The number of hydrogen-bond donors (Lipinski definition) is 2. The lowest BCUT2D eigenvalue weighted by atomic mass is 10.0. The number of anilines is 1. The molecular weight excluding hydrogens is 260 g/mol. The Hall–Kier alpha value is -2.05. The Morgan fingerprint density at radius 1 is 1.55 bits per heavy atom. The summed E-state index contributed by atoms with van der Waals surface area (Å²) in [7, 11) is 0. The monoisotopic (exact) mass is 282 g/mol. The normalized spacial score (nSPS) is 12.8. The molecule has 1 atom stereocenters. The van der Waals surface area contributed by atoms with Crippen LogP contribution in [0.3, 0.4) is 0 Å². The Balaban J connectivity index is 2.47. The van der Waals surface area contributed by atoms with Gasteiger partial charge in [-0.25, -0.2) is 0 Å². The van der Waals surface area contributed by atoms with Gasteiger partial charge in [-0.05, 0) is 27.2 Å². The van der Waals surface area contributed by atoms with Crippen LogP contribution < -0.4 is 11.1 Å². The third kappa shape index (κ3) is 4.91. The number of hydrogen-bond acceptors (Lipinski definition) is 5. The SMILES string of the molecule is CCC(C)(C)NC(=O)C(C)OC(=O)Cn1cc(N)cn1. The smallest absolute Gasteiger partial charge is 0.328 e. The molecule has 20 heavy (non-hydrogen) atoms. The summed E-state index contributed by atoms with van der Waals surface area (Å²) in [4.78, 5) is 23.5. The standard InChI is InChI=1S/C13H22N4O3/c1-5-13(3,4)16-12(19)9(2)20-11(18)8-17-7-10(14)6-15-17/h6-7,9H,5,8,14H2,1-4H3,(H,16,19). The van der Waals surface area contributed by atoms with Crippen LogP contribution in [0.4, 0.5) is 5.69 Å². The van der Waals surface area contributed by atoms with E-state index in [1.165, 1.54) is 24.0 Å².